The molecule has 0 N–H and O–H groups in total. The van der Waals surface area contributed by atoms with Crippen molar-refractivity contribution < 1.29 is 9.53 Å². The number of ether oxygens (including phenoxy) is 1. The second-order valence-electron chi connectivity index (χ2n) is 6.02. The summed E-state index contributed by atoms with van der Waals surface area (Å²) in [7, 11) is 2.14. The Bertz CT molecular complexity index is 540. The van der Waals surface area contributed by atoms with Crippen LogP contribution in [0.15, 0.2) is 6.33 Å². The summed E-state index contributed by atoms with van der Waals surface area (Å²) in [5, 5.41) is 0. The van der Waals surface area contributed by atoms with E-state index in [0.717, 1.165) is 49.7 Å². The zero-order valence-electron chi connectivity index (χ0n) is 12.9. The Hall–Kier alpha value is -1.69. The average Bonchev–Trinajstić information content (AvgIpc) is 2.76. The molecule has 1 aliphatic heterocycles. The van der Waals surface area contributed by atoms with Crippen LogP contribution in [-0.2, 0) is 9.53 Å². The molecule has 0 spiro atoms. The van der Waals surface area contributed by atoms with Crippen molar-refractivity contribution in [2.75, 3.05) is 38.1 Å². The maximum atomic E-state index is 11.3. The number of piperazine rings is 1. The standard InChI is InChI=1S/C15H22N4O2/c1-10-8-12(21-11(2)20)14-13(10)15(17-9-16-14)19-6-4-18(3)5-7-19/h9-10,12H,4-8H2,1-3H3/t10-,12?/m1/s1. The van der Waals surface area contributed by atoms with Crippen LogP contribution in [0.1, 0.15) is 43.5 Å². The Kier molecular flexibility index (Phi) is 3.80. The number of anilines is 1. The van der Waals surface area contributed by atoms with E-state index in [1.807, 2.05) is 0 Å². The Balaban J connectivity index is 1.90. The molecule has 1 aromatic rings. The van der Waals surface area contributed by atoms with E-state index < -0.39 is 0 Å². The van der Waals surface area contributed by atoms with E-state index in [2.05, 4.69) is 33.7 Å². The largest absolute Gasteiger partial charge is 0.456 e. The van der Waals surface area contributed by atoms with Crippen LogP contribution in [0.3, 0.4) is 0 Å². The van der Waals surface area contributed by atoms with Crippen molar-refractivity contribution in [3.63, 3.8) is 0 Å². The lowest BCUT2D eigenvalue weighted by Crippen LogP contribution is -2.45. The first-order valence-corrected chi connectivity index (χ1v) is 7.51. The fourth-order valence-corrected chi connectivity index (χ4v) is 3.25. The first kappa shape index (κ1) is 14.3. The summed E-state index contributed by atoms with van der Waals surface area (Å²) >= 11 is 0. The molecule has 1 unspecified atom stereocenters. The minimum Gasteiger partial charge on any atom is -0.456 e. The van der Waals surface area contributed by atoms with Gasteiger partial charge in [0, 0.05) is 38.7 Å². The van der Waals surface area contributed by atoms with Crippen molar-refractivity contribution >= 4 is 11.8 Å². The Morgan fingerprint density at radius 1 is 1.29 bits per heavy atom. The van der Waals surface area contributed by atoms with Crippen LogP contribution < -0.4 is 4.90 Å². The van der Waals surface area contributed by atoms with E-state index >= 15 is 0 Å². The third kappa shape index (κ3) is 2.72. The molecule has 1 fully saturated rings. The van der Waals surface area contributed by atoms with Crippen molar-refractivity contribution in [2.45, 2.75) is 32.3 Å². The molecule has 1 saturated heterocycles. The SMILES string of the molecule is CC(=O)OC1C[C@@H](C)c2c1ncnc2N1CCN(C)CC1. The van der Waals surface area contributed by atoms with Gasteiger partial charge in [-0.05, 0) is 19.4 Å². The van der Waals surface area contributed by atoms with Gasteiger partial charge in [-0.25, -0.2) is 9.97 Å². The van der Waals surface area contributed by atoms with Gasteiger partial charge in [-0.3, -0.25) is 4.79 Å². The van der Waals surface area contributed by atoms with E-state index in [-0.39, 0.29) is 12.1 Å². The zero-order valence-corrected chi connectivity index (χ0v) is 12.9. The summed E-state index contributed by atoms with van der Waals surface area (Å²) in [6, 6.07) is 0. The summed E-state index contributed by atoms with van der Waals surface area (Å²) in [6.07, 6.45) is 2.18. The van der Waals surface area contributed by atoms with E-state index in [0.29, 0.717) is 5.92 Å². The summed E-state index contributed by atoms with van der Waals surface area (Å²) in [4.78, 5) is 24.8. The summed E-state index contributed by atoms with van der Waals surface area (Å²) < 4.78 is 5.41. The maximum absolute atomic E-state index is 11.3. The van der Waals surface area contributed by atoms with E-state index in [1.165, 1.54) is 6.92 Å². The van der Waals surface area contributed by atoms with Crippen molar-refractivity contribution in [3.8, 4) is 0 Å². The van der Waals surface area contributed by atoms with Gasteiger partial charge in [0.05, 0.1) is 5.69 Å². The first-order chi connectivity index (χ1) is 10.1. The van der Waals surface area contributed by atoms with Crippen molar-refractivity contribution in [2.24, 2.45) is 0 Å². The van der Waals surface area contributed by atoms with Crippen LogP contribution in [-0.4, -0.2) is 54.1 Å². The van der Waals surface area contributed by atoms with E-state index in [4.69, 9.17) is 4.74 Å². The van der Waals surface area contributed by atoms with Crippen LogP contribution in [0.25, 0.3) is 0 Å². The Morgan fingerprint density at radius 2 is 2.00 bits per heavy atom. The van der Waals surface area contributed by atoms with Crippen LogP contribution in [0.5, 0.6) is 0 Å². The Labute approximate surface area is 125 Å². The number of fused-ring (bicyclic) bond motifs is 1. The van der Waals surface area contributed by atoms with Crippen LogP contribution >= 0.6 is 0 Å². The molecule has 6 heteroatoms. The normalized spacial score (nSPS) is 25.8. The third-order valence-corrected chi connectivity index (χ3v) is 4.37. The van der Waals surface area contributed by atoms with Crippen LogP contribution in [0.4, 0.5) is 5.82 Å². The van der Waals surface area contributed by atoms with E-state index in [1.54, 1.807) is 6.33 Å². The van der Waals surface area contributed by atoms with Gasteiger partial charge in [-0.15, -0.1) is 0 Å². The molecule has 0 aromatic carbocycles. The van der Waals surface area contributed by atoms with Gasteiger partial charge in [0.1, 0.15) is 18.2 Å². The molecule has 1 aliphatic carbocycles. The minimum absolute atomic E-state index is 0.221. The highest BCUT2D eigenvalue weighted by Crippen LogP contribution is 2.44. The van der Waals surface area contributed by atoms with Gasteiger partial charge < -0.3 is 14.5 Å². The van der Waals surface area contributed by atoms with Crippen molar-refractivity contribution in [1.29, 1.82) is 0 Å². The maximum Gasteiger partial charge on any atom is 0.303 e. The number of rotatable bonds is 2. The molecule has 2 heterocycles. The van der Waals surface area contributed by atoms with Gasteiger partial charge in [0.25, 0.3) is 0 Å². The summed E-state index contributed by atoms with van der Waals surface area (Å²) in [5.41, 5.74) is 2.05. The Morgan fingerprint density at radius 3 is 2.67 bits per heavy atom. The predicted molar refractivity (Wildman–Crippen MR) is 79.3 cm³/mol. The fraction of sp³-hybridized carbons (Fsp3) is 0.667. The highest BCUT2D eigenvalue weighted by Gasteiger charge is 2.36. The molecule has 0 saturated carbocycles. The molecule has 0 bridgehead atoms. The number of esters is 1. The summed E-state index contributed by atoms with van der Waals surface area (Å²) in [6.45, 7) is 7.65. The molecule has 2 atom stereocenters. The second kappa shape index (κ2) is 5.60. The average molecular weight is 290 g/mol. The van der Waals surface area contributed by atoms with Crippen molar-refractivity contribution in [1.82, 2.24) is 14.9 Å². The van der Waals surface area contributed by atoms with E-state index in [9.17, 15) is 4.79 Å². The van der Waals surface area contributed by atoms with Gasteiger partial charge in [-0.1, -0.05) is 6.92 Å². The number of carbonyl (C=O) groups excluding carboxylic acids is 1. The fourth-order valence-electron chi connectivity index (χ4n) is 3.25. The predicted octanol–water partition coefficient (Wildman–Crippen LogP) is 1.34. The minimum atomic E-state index is -0.250. The number of likely N-dealkylation sites (N-methyl/N-ethyl adjacent to an activating group) is 1. The summed E-state index contributed by atoms with van der Waals surface area (Å²) in [5.74, 6) is 1.09. The van der Waals surface area contributed by atoms with Crippen LogP contribution in [0, 0.1) is 0 Å². The highest BCUT2D eigenvalue weighted by molar-refractivity contribution is 5.67. The molecule has 0 amide bonds. The van der Waals surface area contributed by atoms with Gasteiger partial charge >= 0.3 is 5.97 Å². The molecule has 114 valence electrons. The van der Waals surface area contributed by atoms with Gasteiger partial charge in [-0.2, -0.15) is 0 Å². The molecular weight excluding hydrogens is 268 g/mol. The molecule has 1 aromatic heterocycles. The highest BCUT2D eigenvalue weighted by atomic mass is 16.5. The lowest BCUT2D eigenvalue weighted by atomic mass is 10.1. The van der Waals surface area contributed by atoms with Crippen molar-refractivity contribution in [3.05, 3.63) is 17.6 Å². The quantitative estimate of drug-likeness (QED) is 0.766. The third-order valence-electron chi connectivity index (χ3n) is 4.37. The molecule has 6 nitrogen and oxygen atoms in total. The number of hydrogen-bond acceptors (Lipinski definition) is 6. The topological polar surface area (TPSA) is 58.6 Å². The monoisotopic (exact) mass is 290 g/mol. The molecule has 3 rings (SSSR count). The smallest absolute Gasteiger partial charge is 0.303 e. The van der Waals surface area contributed by atoms with Gasteiger partial charge in [0.15, 0.2) is 0 Å². The number of nitrogens with zero attached hydrogens (tertiary/aromatic N) is 4. The molecule has 21 heavy (non-hydrogen) atoms. The lowest BCUT2D eigenvalue weighted by Gasteiger charge is -2.34. The number of hydrogen-bond donors (Lipinski definition) is 0. The number of aromatic nitrogens is 2. The lowest BCUT2D eigenvalue weighted by molar-refractivity contribution is -0.146. The molecule has 2 aliphatic rings. The van der Waals surface area contributed by atoms with Crippen LogP contribution in [0.2, 0.25) is 0 Å². The molecular formula is C15H22N4O2. The first-order valence-electron chi connectivity index (χ1n) is 7.51. The second-order valence-corrected chi connectivity index (χ2v) is 6.02. The molecule has 0 radical (unpaired) electrons. The number of carbonyl (C=O) groups is 1. The van der Waals surface area contributed by atoms with Gasteiger partial charge in [0.2, 0.25) is 0 Å². The zero-order chi connectivity index (χ0) is 15.0.